The molecule has 0 spiro atoms. The van der Waals surface area contributed by atoms with E-state index in [0.29, 0.717) is 24.4 Å². The van der Waals surface area contributed by atoms with E-state index in [9.17, 15) is 18.0 Å². The van der Waals surface area contributed by atoms with Crippen LogP contribution in [-0.4, -0.2) is 69.8 Å². The molecule has 9 nitrogen and oxygen atoms in total. The van der Waals surface area contributed by atoms with Crippen molar-refractivity contribution < 1.29 is 22.7 Å². The Morgan fingerprint density at radius 1 is 1.03 bits per heavy atom. The summed E-state index contributed by atoms with van der Waals surface area (Å²) in [4.78, 5) is 28.4. The summed E-state index contributed by atoms with van der Waals surface area (Å²) in [6.07, 6.45) is 1.14. The van der Waals surface area contributed by atoms with E-state index in [1.165, 1.54) is 19.0 Å². The van der Waals surface area contributed by atoms with Crippen LogP contribution in [0.1, 0.15) is 43.4 Å². The highest BCUT2D eigenvalue weighted by Crippen LogP contribution is 2.26. The smallest absolute Gasteiger partial charge is 0.304 e. The quantitative estimate of drug-likeness (QED) is 0.427. The van der Waals surface area contributed by atoms with Gasteiger partial charge in [0.1, 0.15) is 18.3 Å². The number of rotatable bonds is 13. The van der Waals surface area contributed by atoms with Crippen LogP contribution in [0.4, 0.5) is 5.69 Å². The molecular weight excluding hydrogens is 492 g/mol. The fourth-order valence-corrected chi connectivity index (χ4v) is 5.02. The molecule has 0 unspecified atom stereocenters. The van der Waals surface area contributed by atoms with Crippen molar-refractivity contribution in [3.8, 4) is 5.75 Å². The zero-order valence-electron chi connectivity index (χ0n) is 22.9. The fraction of sp³-hybridized carbons (Fsp3) is 0.481. The molecule has 2 amide bonds. The van der Waals surface area contributed by atoms with Gasteiger partial charge < -0.3 is 15.0 Å². The Labute approximate surface area is 221 Å². The lowest BCUT2D eigenvalue weighted by Crippen LogP contribution is -2.53. The first-order chi connectivity index (χ1) is 17.5. The normalized spacial score (nSPS) is 12.2. The molecule has 1 N–H and O–H groups in total. The van der Waals surface area contributed by atoms with Crippen molar-refractivity contribution in [2.75, 3.05) is 38.6 Å². The van der Waals surface area contributed by atoms with Crippen LogP contribution in [0.2, 0.25) is 0 Å². The van der Waals surface area contributed by atoms with E-state index in [4.69, 9.17) is 4.74 Å². The summed E-state index contributed by atoms with van der Waals surface area (Å²) in [5.74, 6) is -0.0619. The summed E-state index contributed by atoms with van der Waals surface area (Å²) in [6.45, 7) is 7.65. The Balaban J connectivity index is 2.53. The number of benzene rings is 2. The third-order valence-electron chi connectivity index (χ3n) is 6.10. The zero-order chi connectivity index (χ0) is 27.8. The molecule has 0 aliphatic carbocycles. The van der Waals surface area contributed by atoms with Crippen LogP contribution in [0.25, 0.3) is 0 Å². The highest BCUT2D eigenvalue weighted by atomic mass is 32.2. The molecule has 0 aromatic heterocycles. The summed E-state index contributed by atoms with van der Waals surface area (Å²) < 4.78 is 34.2. The van der Waals surface area contributed by atoms with Crippen LogP contribution in [0, 0.1) is 13.8 Å². The Morgan fingerprint density at radius 3 is 2.22 bits per heavy atom. The van der Waals surface area contributed by atoms with Gasteiger partial charge in [0.05, 0.1) is 12.8 Å². The molecular formula is C27H40N4O5S. The van der Waals surface area contributed by atoms with Gasteiger partial charge in [0, 0.05) is 27.2 Å². The van der Waals surface area contributed by atoms with E-state index in [-0.39, 0.29) is 12.5 Å². The molecule has 0 saturated carbocycles. The largest absolute Gasteiger partial charge is 0.497 e. The second-order valence-corrected chi connectivity index (χ2v) is 11.2. The zero-order valence-corrected chi connectivity index (χ0v) is 23.8. The first-order valence-corrected chi connectivity index (χ1v) is 13.8. The fourth-order valence-electron chi connectivity index (χ4n) is 3.90. The molecule has 0 bridgehead atoms. The summed E-state index contributed by atoms with van der Waals surface area (Å²) >= 11 is 0. The molecule has 0 fully saturated rings. The van der Waals surface area contributed by atoms with E-state index >= 15 is 0 Å². The minimum absolute atomic E-state index is 0.142. The number of carbonyl (C=O) groups excluding carboxylic acids is 2. The lowest BCUT2D eigenvalue weighted by molar-refractivity contribution is -0.140. The van der Waals surface area contributed by atoms with Crippen molar-refractivity contribution in [3.05, 3.63) is 59.2 Å². The number of hydrogen-bond acceptors (Lipinski definition) is 5. The number of ether oxygens (including phenoxy) is 1. The number of hydrogen-bond donors (Lipinski definition) is 1. The third kappa shape index (κ3) is 7.69. The number of nitrogens with one attached hydrogen (secondary N) is 1. The predicted octanol–water partition coefficient (Wildman–Crippen LogP) is 3.26. The number of anilines is 1. The molecule has 1 atom stereocenters. The van der Waals surface area contributed by atoms with Crippen LogP contribution >= 0.6 is 0 Å². The molecule has 0 radical (unpaired) electrons. The van der Waals surface area contributed by atoms with Crippen molar-refractivity contribution in [1.82, 2.24) is 14.5 Å². The molecule has 2 rings (SSSR count). The minimum atomic E-state index is -4.01. The number of methoxy groups -OCH3 is 1. The maximum atomic E-state index is 13.9. The topological polar surface area (TPSA) is 99.3 Å². The molecule has 0 aliphatic heterocycles. The van der Waals surface area contributed by atoms with Crippen LogP contribution in [0.5, 0.6) is 5.75 Å². The van der Waals surface area contributed by atoms with Crippen LogP contribution < -0.4 is 14.4 Å². The number of amides is 2. The van der Waals surface area contributed by atoms with E-state index in [2.05, 4.69) is 5.32 Å². The predicted molar refractivity (Wildman–Crippen MR) is 147 cm³/mol. The van der Waals surface area contributed by atoms with Crippen molar-refractivity contribution in [2.24, 2.45) is 0 Å². The second kappa shape index (κ2) is 13.4. The lowest BCUT2D eigenvalue weighted by atomic mass is 10.1. The lowest BCUT2D eigenvalue weighted by Gasteiger charge is -2.34. The van der Waals surface area contributed by atoms with E-state index < -0.39 is 28.7 Å². The Bertz CT molecular complexity index is 1170. The second-order valence-electron chi connectivity index (χ2n) is 9.17. The van der Waals surface area contributed by atoms with Gasteiger partial charge in [0.2, 0.25) is 11.8 Å². The number of aryl methyl sites for hydroxylation is 2. The Morgan fingerprint density at radius 2 is 1.68 bits per heavy atom. The third-order valence-corrected chi connectivity index (χ3v) is 7.90. The van der Waals surface area contributed by atoms with Gasteiger partial charge in [0.25, 0.3) is 0 Å². The Kier molecular flexibility index (Phi) is 10.9. The van der Waals surface area contributed by atoms with Gasteiger partial charge in [-0.3, -0.25) is 9.59 Å². The standard InChI is InChI=1S/C27H40N4O5S/c1-8-16-28-27(33)24(9-2)30(18-22-12-14-23(36-7)15-13-22)26(32)19-31(37(34,35)29(5)6)25-17-20(3)10-11-21(25)4/h10-15,17,24H,8-9,16,18-19H2,1-7H3,(H,28,33)/t24-/m0/s1. The maximum absolute atomic E-state index is 13.9. The summed E-state index contributed by atoms with van der Waals surface area (Å²) in [7, 11) is 0.427. The van der Waals surface area contributed by atoms with Crippen molar-refractivity contribution in [1.29, 1.82) is 0 Å². The van der Waals surface area contributed by atoms with E-state index in [1.807, 2.05) is 45.0 Å². The highest BCUT2D eigenvalue weighted by Gasteiger charge is 2.34. The molecule has 37 heavy (non-hydrogen) atoms. The van der Waals surface area contributed by atoms with Crippen LogP contribution in [0.3, 0.4) is 0 Å². The minimum Gasteiger partial charge on any atom is -0.497 e. The monoisotopic (exact) mass is 532 g/mol. The molecule has 0 saturated heterocycles. The summed E-state index contributed by atoms with van der Waals surface area (Å²) in [6, 6.07) is 11.9. The SMILES string of the molecule is CCCNC(=O)[C@H](CC)N(Cc1ccc(OC)cc1)C(=O)CN(c1cc(C)ccc1C)S(=O)(=O)N(C)C. The molecule has 2 aromatic carbocycles. The molecule has 10 heteroatoms. The molecule has 2 aromatic rings. The van der Waals surface area contributed by atoms with Gasteiger partial charge in [-0.1, -0.05) is 38.1 Å². The van der Waals surface area contributed by atoms with Gasteiger partial charge in [-0.2, -0.15) is 12.7 Å². The summed E-state index contributed by atoms with van der Waals surface area (Å²) in [5, 5.41) is 2.88. The van der Waals surface area contributed by atoms with Crippen molar-refractivity contribution in [2.45, 2.75) is 53.1 Å². The Hall–Kier alpha value is -3.11. The van der Waals surface area contributed by atoms with E-state index in [1.54, 1.807) is 32.2 Å². The van der Waals surface area contributed by atoms with Crippen LogP contribution in [-0.2, 0) is 26.3 Å². The van der Waals surface area contributed by atoms with Crippen molar-refractivity contribution in [3.63, 3.8) is 0 Å². The molecule has 0 heterocycles. The van der Waals surface area contributed by atoms with Crippen molar-refractivity contribution >= 4 is 27.7 Å². The first kappa shape index (κ1) is 30.1. The average molecular weight is 533 g/mol. The van der Waals surface area contributed by atoms with Gasteiger partial charge in [0.15, 0.2) is 0 Å². The van der Waals surface area contributed by atoms with Gasteiger partial charge in [-0.15, -0.1) is 0 Å². The first-order valence-electron chi connectivity index (χ1n) is 12.4. The van der Waals surface area contributed by atoms with Gasteiger partial charge in [-0.25, -0.2) is 4.31 Å². The molecule has 0 aliphatic rings. The van der Waals surface area contributed by atoms with E-state index in [0.717, 1.165) is 31.7 Å². The maximum Gasteiger partial charge on any atom is 0.304 e. The summed E-state index contributed by atoms with van der Waals surface area (Å²) in [5.41, 5.74) is 2.81. The average Bonchev–Trinajstić information content (AvgIpc) is 2.87. The highest BCUT2D eigenvalue weighted by molar-refractivity contribution is 7.90. The van der Waals surface area contributed by atoms with Gasteiger partial charge >= 0.3 is 10.2 Å². The number of nitrogens with zero attached hydrogens (tertiary/aromatic N) is 3. The van der Waals surface area contributed by atoms with Gasteiger partial charge in [-0.05, 0) is 61.6 Å². The number of carbonyl (C=O) groups is 2. The molecule has 204 valence electrons. The van der Waals surface area contributed by atoms with Crippen LogP contribution in [0.15, 0.2) is 42.5 Å².